The fourth-order valence-corrected chi connectivity index (χ4v) is 3.95. The highest BCUT2D eigenvalue weighted by molar-refractivity contribution is 5.37. The van der Waals surface area contributed by atoms with Crippen molar-refractivity contribution in [3.05, 3.63) is 29.1 Å². The van der Waals surface area contributed by atoms with Gasteiger partial charge in [0.25, 0.3) is 0 Å². The summed E-state index contributed by atoms with van der Waals surface area (Å²) in [5, 5.41) is 0. The highest BCUT2D eigenvalue weighted by Crippen LogP contribution is 2.27. The van der Waals surface area contributed by atoms with E-state index in [0.29, 0.717) is 11.3 Å². The highest BCUT2D eigenvalue weighted by Gasteiger charge is 2.12. The zero-order chi connectivity index (χ0) is 18.7. The van der Waals surface area contributed by atoms with E-state index in [0.717, 1.165) is 30.2 Å². The van der Waals surface area contributed by atoms with Crippen LogP contribution < -0.4 is 4.74 Å². The molecule has 1 rings (SSSR count). The summed E-state index contributed by atoms with van der Waals surface area (Å²) in [6.45, 7) is 8.73. The first kappa shape index (κ1) is 22.0. The van der Waals surface area contributed by atoms with Gasteiger partial charge in [-0.1, -0.05) is 78.2 Å². The molecular formula is C23H39FO. The SMILES string of the molecule is CCCC(C)CCCC(CCC)CCCc1ccc(OC)c(C)c1F. The molecule has 25 heavy (non-hydrogen) atoms. The van der Waals surface area contributed by atoms with Gasteiger partial charge in [0.05, 0.1) is 7.11 Å². The molecule has 0 heterocycles. The molecule has 0 N–H and O–H groups in total. The van der Waals surface area contributed by atoms with Gasteiger partial charge in [-0.15, -0.1) is 0 Å². The van der Waals surface area contributed by atoms with Crippen molar-refractivity contribution in [1.29, 1.82) is 0 Å². The Morgan fingerprint density at radius 2 is 1.64 bits per heavy atom. The molecule has 0 saturated carbocycles. The van der Waals surface area contributed by atoms with Crippen LogP contribution in [0.25, 0.3) is 0 Å². The van der Waals surface area contributed by atoms with Gasteiger partial charge in [0.2, 0.25) is 0 Å². The van der Waals surface area contributed by atoms with Gasteiger partial charge in [0.1, 0.15) is 11.6 Å². The van der Waals surface area contributed by atoms with Crippen LogP contribution in [0.5, 0.6) is 5.75 Å². The lowest BCUT2D eigenvalue weighted by atomic mass is 9.88. The summed E-state index contributed by atoms with van der Waals surface area (Å²) in [4.78, 5) is 0. The van der Waals surface area contributed by atoms with Gasteiger partial charge in [0.15, 0.2) is 0 Å². The summed E-state index contributed by atoms with van der Waals surface area (Å²) in [5.74, 6) is 2.23. The van der Waals surface area contributed by atoms with Crippen LogP contribution in [0, 0.1) is 24.6 Å². The Morgan fingerprint density at radius 1 is 0.960 bits per heavy atom. The van der Waals surface area contributed by atoms with Crippen molar-refractivity contribution in [2.75, 3.05) is 7.11 Å². The maximum Gasteiger partial charge on any atom is 0.132 e. The third-order valence-corrected chi connectivity index (χ3v) is 5.48. The predicted octanol–water partition coefficient (Wildman–Crippen LogP) is 7.49. The van der Waals surface area contributed by atoms with Gasteiger partial charge < -0.3 is 4.74 Å². The second kappa shape index (κ2) is 12.3. The molecule has 0 saturated heterocycles. The molecule has 0 aromatic heterocycles. The third-order valence-electron chi connectivity index (χ3n) is 5.48. The second-order valence-corrected chi connectivity index (χ2v) is 7.74. The molecule has 1 aromatic carbocycles. The number of halogens is 1. The van der Waals surface area contributed by atoms with Gasteiger partial charge in [-0.2, -0.15) is 0 Å². The molecule has 2 heteroatoms. The monoisotopic (exact) mass is 350 g/mol. The number of methoxy groups -OCH3 is 1. The summed E-state index contributed by atoms with van der Waals surface area (Å²) in [6, 6.07) is 3.79. The van der Waals surface area contributed by atoms with E-state index in [-0.39, 0.29) is 5.82 Å². The van der Waals surface area contributed by atoms with Crippen molar-refractivity contribution in [1.82, 2.24) is 0 Å². The van der Waals surface area contributed by atoms with Crippen LogP contribution in [-0.2, 0) is 6.42 Å². The Labute approximate surface area is 155 Å². The van der Waals surface area contributed by atoms with Crippen molar-refractivity contribution < 1.29 is 9.13 Å². The van der Waals surface area contributed by atoms with E-state index in [4.69, 9.17) is 4.74 Å². The molecular weight excluding hydrogens is 311 g/mol. The molecule has 0 spiro atoms. The van der Waals surface area contributed by atoms with Crippen LogP contribution in [0.2, 0.25) is 0 Å². The summed E-state index contributed by atoms with van der Waals surface area (Å²) in [6.07, 6.45) is 12.4. The van der Waals surface area contributed by atoms with Crippen LogP contribution in [0.1, 0.15) is 89.7 Å². The van der Waals surface area contributed by atoms with E-state index in [1.807, 2.05) is 12.1 Å². The first-order valence-corrected chi connectivity index (χ1v) is 10.3. The van der Waals surface area contributed by atoms with E-state index in [1.54, 1.807) is 14.0 Å². The van der Waals surface area contributed by atoms with Crippen LogP contribution >= 0.6 is 0 Å². The minimum Gasteiger partial charge on any atom is -0.496 e. The minimum atomic E-state index is -0.0835. The van der Waals surface area contributed by atoms with E-state index in [1.165, 1.54) is 51.4 Å². The van der Waals surface area contributed by atoms with Crippen molar-refractivity contribution in [3.8, 4) is 5.75 Å². The Morgan fingerprint density at radius 3 is 2.28 bits per heavy atom. The van der Waals surface area contributed by atoms with Crippen molar-refractivity contribution in [2.24, 2.45) is 11.8 Å². The van der Waals surface area contributed by atoms with Gasteiger partial charge >= 0.3 is 0 Å². The number of ether oxygens (including phenoxy) is 1. The van der Waals surface area contributed by atoms with Gasteiger partial charge in [-0.05, 0) is 43.2 Å². The standard InChI is InChI=1S/C23H39FO/c1-6-10-18(3)12-8-13-20(11-7-2)14-9-15-21-16-17-22(25-5)19(4)23(21)24/h16-18,20H,6-15H2,1-5H3. The lowest BCUT2D eigenvalue weighted by molar-refractivity contribution is 0.363. The van der Waals surface area contributed by atoms with E-state index < -0.39 is 0 Å². The molecule has 2 atom stereocenters. The van der Waals surface area contributed by atoms with Gasteiger partial charge in [0, 0.05) is 5.56 Å². The quantitative estimate of drug-likeness (QED) is 0.358. The first-order chi connectivity index (χ1) is 12.0. The predicted molar refractivity (Wildman–Crippen MR) is 107 cm³/mol. The lowest BCUT2D eigenvalue weighted by Gasteiger charge is -2.18. The summed E-state index contributed by atoms with van der Waals surface area (Å²) < 4.78 is 19.6. The average molecular weight is 351 g/mol. The lowest BCUT2D eigenvalue weighted by Crippen LogP contribution is -2.04. The molecule has 144 valence electrons. The smallest absolute Gasteiger partial charge is 0.132 e. The maximum absolute atomic E-state index is 14.4. The number of aryl methyl sites for hydroxylation is 1. The van der Waals surface area contributed by atoms with Gasteiger partial charge in [-0.25, -0.2) is 4.39 Å². The largest absolute Gasteiger partial charge is 0.496 e. The van der Waals surface area contributed by atoms with E-state index >= 15 is 0 Å². The Balaban J connectivity index is 2.43. The minimum absolute atomic E-state index is 0.0835. The van der Waals surface area contributed by atoms with E-state index in [9.17, 15) is 4.39 Å². The molecule has 1 aromatic rings. The summed E-state index contributed by atoms with van der Waals surface area (Å²) >= 11 is 0. The fourth-order valence-electron chi connectivity index (χ4n) is 3.95. The number of hydrogen-bond donors (Lipinski definition) is 0. The van der Waals surface area contributed by atoms with Crippen molar-refractivity contribution in [2.45, 2.75) is 91.9 Å². The summed E-state index contributed by atoms with van der Waals surface area (Å²) in [7, 11) is 1.60. The molecule has 0 radical (unpaired) electrons. The zero-order valence-electron chi connectivity index (χ0n) is 17.2. The molecule has 0 aliphatic rings. The topological polar surface area (TPSA) is 9.23 Å². The van der Waals surface area contributed by atoms with Crippen molar-refractivity contribution >= 4 is 0 Å². The molecule has 0 amide bonds. The molecule has 2 unspecified atom stereocenters. The number of benzene rings is 1. The molecule has 0 bridgehead atoms. The van der Waals surface area contributed by atoms with Crippen LogP contribution in [-0.4, -0.2) is 7.11 Å². The second-order valence-electron chi connectivity index (χ2n) is 7.74. The number of hydrogen-bond acceptors (Lipinski definition) is 1. The normalized spacial score (nSPS) is 13.7. The molecule has 1 nitrogen and oxygen atoms in total. The first-order valence-electron chi connectivity index (χ1n) is 10.3. The van der Waals surface area contributed by atoms with Crippen molar-refractivity contribution in [3.63, 3.8) is 0 Å². The van der Waals surface area contributed by atoms with Crippen LogP contribution in [0.4, 0.5) is 4.39 Å². The third kappa shape index (κ3) is 7.79. The average Bonchev–Trinajstić information content (AvgIpc) is 2.59. The highest BCUT2D eigenvalue weighted by atomic mass is 19.1. The molecule has 0 fully saturated rings. The summed E-state index contributed by atoms with van der Waals surface area (Å²) in [5.41, 5.74) is 1.47. The van der Waals surface area contributed by atoms with E-state index in [2.05, 4.69) is 20.8 Å². The van der Waals surface area contributed by atoms with Gasteiger partial charge in [-0.3, -0.25) is 0 Å². The molecule has 0 aliphatic carbocycles. The Kier molecular flexibility index (Phi) is 10.8. The van der Waals surface area contributed by atoms with Crippen LogP contribution in [0.3, 0.4) is 0 Å². The molecule has 0 aliphatic heterocycles. The zero-order valence-corrected chi connectivity index (χ0v) is 17.2. The Hall–Kier alpha value is -1.05. The Bertz CT molecular complexity index is 483. The number of rotatable bonds is 13. The fraction of sp³-hybridized carbons (Fsp3) is 0.739. The van der Waals surface area contributed by atoms with Crippen LogP contribution in [0.15, 0.2) is 12.1 Å². The maximum atomic E-state index is 14.4.